The van der Waals surface area contributed by atoms with Crippen LogP contribution in [0.25, 0.3) is 0 Å². The van der Waals surface area contributed by atoms with Crippen molar-refractivity contribution in [2.45, 2.75) is 32.9 Å². The molecule has 0 spiro atoms. The first-order valence-corrected chi connectivity index (χ1v) is 7.30. The molecule has 0 saturated heterocycles. The fraction of sp³-hybridized carbons (Fsp3) is 0.562. The minimum Gasteiger partial charge on any atom is -0.491 e. The molecule has 0 aromatic heterocycles. The lowest BCUT2D eigenvalue weighted by Gasteiger charge is -2.22. The van der Waals surface area contributed by atoms with Gasteiger partial charge in [-0.1, -0.05) is 17.7 Å². The summed E-state index contributed by atoms with van der Waals surface area (Å²) in [6.45, 7) is 6.91. The molecule has 0 aliphatic rings. The Bertz CT molecular complexity index is 434. The number of hydrogen-bond acceptors (Lipinski definition) is 4. The van der Waals surface area contributed by atoms with Crippen molar-refractivity contribution >= 4 is 5.91 Å². The number of hydrogen-bond donors (Lipinski definition) is 2. The van der Waals surface area contributed by atoms with E-state index in [1.54, 1.807) is 18.9 Å². The van der Waals surface area contributed by atoms with Gasteiger partial charge in [-0.05, 0) is 32.9 Å². The maximum atomic E-state index is 11.8. The summed E-state index contributed by atoms with van der Waals surface area (Å²) in [5.41, 5.74) is 1.16. The highest BCUT2D eigenvalue weighted by atomic mass is 16.5. The highest BCUT2D eigenvalue weighted by molar-refractivity contribution is 5.81. The number of aliphatic hydroxyl groups excluding tert-OH is 1. The normalized spacial score (nSPS) is 13.6. The van der Waals surface area contributed by atoms with Gasteiger partial charge in [-0.25, -0.2) is 0 Å². The summed E-state index contributed by atoms with van der Waals surface area (Å²) >= 11 is 0. The number of amides is 1. The summed E-state index contributed by atoms with van der Waals surface area (Å²) in [6, 6.07) is 7.35. The number of likely N-dealkylation sites (N-methyl/N-ethyl adjacent to an activating group) is 1. The monoisotopic (exact) mass is 294 g/mol. The summed E-state index contributed by atoms with van der Waals surface area (Å²) < 4.78 is 5.50. The van der Waals surface area contributed by atoms with Crippen LogP contribution >= 0.6 is 0 Å². The SMILES string of the molecule is CCN(C)C(=O)C(C)NCC(O)COc1ccc(C)cc1. The summed E-state index contributed by atoms with van der Waals surface area (Å²) in [4.78, 5) is 13.5. The van der Waals surface area contributed by atoms with Gasteiger partial charge in [0.15, 0.2) is 0 Å². The molecular weight excluding hydrogens is 268 g/mol. The third-order valence-electron chi connectivity index (χ3n) is 3.34. The minimum atomic E-state index is -0.659. The van der Waals surface area contributed by atoms with Crippen LogP contribution in [0.2, 0.25) is 0 Å². The predicted molar refractivity (Wildman–Crippen MR) is 83.5 cm³/mol. The van der Waals surface area contributed by atoms with Crippen LogP contribution in [0.1, 0.15) is 19.4 Å². The molecular formula is C16H26N2O3. The van der Waals surface area contributed by atoms with Gasteiger partial charge in [0.05, 0.1) is 6.04 Å². The van der Waals surface area contributed by atoms with E-state index in [4.69, 9.17) is 4.74 Å². The molecule has 21 heavy (non-hydrogen) atoms. The van der Waals surface area contributed by atoms with E-state index >= 15 is 0 Å². The molecule has 0 aliphatic carbocycles. The summed E-state index contributed by atoms with van der Waals surface area (Å²) in [6.07, 6.45) is -0.659. The van der Waals surface area contributed by atoms with Gasteiger partial charge in [0, 0.05) is 20.1 Å². The van der Waals surface area contributed by atoms with Crippen LogP contribution in [0.3, 0.4) is 0 Å². The Morgan fingerprint density at radius 1 is 1.38 bits per heavy atom. The van der Waals surface area contributed by atoms with Crippen LogP contribution in [0.15, 0.2) is 24.3 Å². The van der Waals surface area contributed by atoms with Gasteiger partial charge < -0.3 is 20.1 Å². The van der Waals surface area contributed by atoms with Gasteiger partial charge in [0.2, 0.25) is 5.91 Å². The van der Waals surface area contributed by atoms with E-state index in [9.17, 15) is 9.90 Å². The molecule has 1 aromatic rings. The molecule has 0 heterocycles. The maximum Gasteiger partial charge on any atom is 0.239 e. The van der Waals surface area contributed by atoms with E-state index in [1.165, 1.54) is 0 Å². The van der Waals surface area contributed by atoms with Crippen molar-refractivity contribution in [3.8, 4) is 5.75 Å². The number of benzene rings is 1. The van der Waals surface area contributed by atoms with Crippen molar-refractivity contribution in [1.82, 2.24) is 10.2 Å². The van der Waals surface area contributed by atoms with Crippen LogP contribution in [0, 0.1) is 6.92 Å². The number of aryl methyl sites for hydroxylation is 1. The Kier molecular flexibility index (Phi) is 7.19. The van der Waals surface area contributed by atoms with Gasteiger partial charge in [-0.3, -0.25) is 4.79 Å². The maximum absolute atomic E-state index is 11.8. The molecule has 1 rings (SSSR count). The van der Waals surface area contributed by atoms with Crippen molar-refractivity contribution in [2.24, 2.45) is 0 Å². The third kappa shape index (κ3) is 6.14. The van der Waals surface area contributed by atoms with Crippen LogP contribution in [-0.4, -0.2) is 54.8 Å². The fourth-order valence-electron chi connectivity index (χ4n) is 1.77. The Hall–Kier alpha value is -1.59. The van der Waals surface area contributed by atoms with E-state index in [1.807, 2.05) is 38.1 Å². The van der Waals surface area contributed by atoms with Crippen molar-refractivity contribution in [2.75, 3.05) is 26.7 Å². The van der Waals surface area contributed by atoms with Gasteiger partial charge in [0.25, 0.3) is 0 Å². The second-order valence-corrected chi connectivity index (χ2v) is 5.26. The van der Waals surface area contributed by atoms with Crippen molar-refractivity contribution in [1.29, 1.82) is 0 Å². The Morgan fingerprint density at radius 2 is 2.00 bits per heavy atom. The number of carbonyl (C=O) groups excluding carboxylic acids is 1. The standard InChI is InChI=1S/C16H26N2O3/c1-5-18(4)16(20)13(3)17-10-14(19)11-21-15-8-6-12(2)7-9-15/h6-9,13-14,17,19H,5,10-11H2,1-4H3. The van der Waals surface area contributed by atoms with E-state index in [0.29, 0.717) is 13.1 Å². The first-order chi connectivity index (χ1) is 9.93. The van der Waals surface area contributed by atoms with Crippen molar-refractivity contribution in [3.63, 3.8) is 0 Å². The second kappa shape index (κ2) is 8.64. The minimum absolute atomic E-state index is 0.0177. The van der Waals surface area contributed by atoms with Gasteiger partial charge in [-0.15, -0.1) is 0 Å². The molecule has 2 N–H and O–H groups in total. The molecule has 0 aliphatic heterocycles. The van der Waals surface area contributed by atoms with Crippen LogP contribution < -0.4 is 10.1 Å². The van der Waals surface area contributed by atoms with E-state index < -0.39 is 6.10 Å². The number of nitrogens with one attached hydrogen (secondary N) is 1. The summed E-state index contributed by atoms with van der Waals surface area (Å²) in [5.74, 6) is 0.749. The zero-order valence-corrected chi connectivity index (χ0v) is 13.3. The molecule has 1 amide bonds. The zero-order chi connectivity index (χ0) is 15.8. The van der Waals surface area contributed by atoms with Crippen molar-refractivity contribution in [3.05, 3.63) is 29.8 Å². The van der Waals surface area contributed by atoms with Gasteiger partial charge >= 0.3 is 0 Å². The van der Waals surface area contributed by atoms with Gasteiger partial charge in [0.1, 0.15) is 18.5 Å². The lowest BCUT2D eigenvalue weighted by Crippen LogP contribution is -2.46. The first kappa shape index (κ1) is 17.5. The van der Waals surface area contributed by atoms with E-state index in [0.717, 1.165) is 11.3 Å². The molecule has 5 nitrogen and oxygen atoms in total. The van der Waals surface area contributed by atoms with Crippen LogP contribution in [0.4, 0.5) is 0 Å². The molecule has 118 valence electrons. The largest absolute Gasteiger partial charge is 0.491 e. The van der Waals surface area contributed by atoms with Crippen molar-refractivity contribution < 1.29 is 14.6 Å². The fourth-order valence-corrected chi connectivity index (χ4v) is 1.77. The topological polar surface area (TPSA) is 61.8 Å². The quantitative estimate of drug-likeness (QED) is 0.756. The Labute approximate surface area is 126 Å². The molecule has 0 fully saturated rings. The number of aliphatic hydroxyl groups is 1. The molecule has 2 unspecified atom stereocenters. The lowest BCUT2D eigenvalue weighted by molar-refractivity contribution is -0.131. The number of ether oxygens (including phenoxy) is 1. The molecule has 0 radical (unpaired) electrons. The number of carbonyl (C=O) groups is 1. The molecule has 0 bridgehead atoms. The number of nitrogens with zero attached hydrogens (tertiary/aromatic N) is 1. The third-order valence-corrected chi connectivity index (χ3v) is 3.34. The molecule has 1 aromatic carbocycles. The summed E-state index contributed by atoms with van der Waals surface area (Å²) in [5, 5.41) is 12.9. The van der Waals surface area contributed by atoms with E-state index in [2.05, 4.69) is 5.32 Å². The molecule has 5 heteroatoms. The van der Waals surface area contributed by atoms with Crippen LogP contribution in [0.5, 0.6) is 5.75 Å². The smallest absolute Gasteiger partial charge is 0.239 e. The second-order valence-electron chi connectivity index (χ2n) is 5.26. The van der Waals surface area contributed by atoms with E-state index in [-0.39, 0.29) is 18.6 Å². The molecule has 0 saturated carbocycles. The van der Waals surface area contributed by atoms with Crippen LogP contribution in [-0.2, 0) is 4.79 Å². The molecule has 2 atom stereocenters. The Balaban J connectivity index is 2.29. The van der Waals surface area contributed by atoms with Gasteiger partial charge in [-0.2, -0.15) is 0 Å². The predicted octanol–water partition coefficient (Wildman–Crippen LogP) is 1.19. The lowest BCUT2D eigenvalue weighted by atomic mass is 10.2. The Morgan fingerprint density at radius 3 is 2.57 bits per heavy atom. The average molecular weight is 294 g/mol. The summed E-state index contributed by atoms with van der Waals surface area (Å²) in [7, 11) is 1.76. The average Bonchev–Trinajstić information content (AvgIpc) is 2.50. The number of rotatable bonds is 8. The zero-order valence-electron chi connectivity index (χ0n) is 13.3. The highest BCUT2D eigenvalue weighted by Gasteiger charge is 2.17. The highest BCUT2D eigenvalue weighted by Crippen LogP contribution is 2.11. The first-order valence-electron chi connectivity index (χ1n) is 7.30.